The Morgan fingerprint density at radius 2 is 1.80 bits per heavy atom. The van der Waals surface area contributed by atoms with Crippen LogP contribution in [0, 0.1) is 0 Å². The van der Waals surface area contributed by atoms with Crippen molar-refractivity contribution >= 4 is 72.3 Å². The number of halogens is 2. The van der Waals surface area contributed by atoms with Crippen molar-refractivity contribution in [2.24, 2.45) is 0 Å². The van der Waals surface area contributed by atoms with E-state index in [0.29, 0.717) is 52.3 Å². The number of fused-ring (bicyclic) bond motifs is 2. The number of likely N-dealkylation sites (N-methyl/N-ethyl adjacent to an activating group) is 1. The minimum absolute atomic E-state index is 0. The van der Waals surface area contributed by atoms with Crippen LogP contribution in [0.4, 0.5) is 10.8 Å². The van der Waals surface area contributed by atoms with Gasteiger partial charge in [-0.15, -0.1) is 12.4 Å². The van der Waals surface area contributed by atoms with E-state index in [1.54, 1.807) is 36.3 Å². The molecule has 0 saturated heterocycles. The number of para-hydroxylation sites is 1. The highest BCUT2D eigenvalue weighted by atomic mass is 35.5. The topological polar surface area (TPSA) is 83.0 Å². The monoisotopic (exact) mass is 620 g/mol. The van der Waals surface area contributed by atoms with Crippen molar-refractivity contribution in [1.29, 1.82) is 0 Å². The van der Waals surface area contributed by atoms with Crippen molar-refractivity contribution in [1.82, 2.24) is 9.88 Å². The maximum absolute atomic E-state index is 13.8. The molecule has 1 aliphatic heterocycles. The van der Waals surface area contributed by atoms with Gasteiger partial charge in [0.2, 0.25) is 0 Å². The van der Waals surface area contributed by atoms with Gasteiger partial charge in [-0.05, 0) is 75.0 Å². The molecule has 1 aliphatic rings. The fourth-order valence-corrected chi connectivity index (χ4v) is 7.43. The first kappa shape index (κ1) is 30.1. The standard InChI is InChI=1S/C28H29ClN4O4S2.ClH/c1-31(2)17-18-32(28-30-25-24(37-3)15-14-22(29)26(25)38-28)27(34)20-10-12-21(13-11-20)39(35,36)33-16-6-8-19-7-4-5-9-23(19)33;/h4-5,7,9-15H,6,8,16-18H2,1-3H3;1H. The summed E-state index contributed by atoms with van der Waals surface area (Å²) >= 11 is 7.74. The van der Waals surface area contributed by atoms with Crippen LogP contribution >= 0.6 is 35.3 Å². The number of ether oxygens (including phenoxy) is 1. The first-order chi connectivity index (χ1) is 18.7. The molecular weight excluding hydrogens is 591 g/mol. The van der Waals surface area contributed by atoms with Gasteiger partial charge in [0, 0.05) is 25.2 Å². The van der Waals surface area contributed by atoms with Crippen molar-refractivity contribution in [3.05, 3.63) is 76.8 Å². The molecule has 2 heterocycles. The van der Waals surface area contributed by atoms with E-state index < -0.39 is 10.0 Å². The molecule has 0 radical (unpaired) electrons. The predicted molar refractivity (Wildman–Crippen MR) is 164 cm³/mol. The zero-order valence-corrected chi connectivity index (χ0v) is 25.5. The van der Waals surface area contributed by atoms with Crippen molar-refractivity contribution < 1.29 is 17.9 Å². The summed E-state index contributed by atoms with van der Waals surface area (Å²) in [7, 11) is 1.65. The zero-order valence-electron chi connectivity index (χ0n) is 22.3. The van der Waals surface area contributed by atoms with Crippen LogP contribution in [0.5, 0.6) is 5.75 Å². The Kier molecular flexibility index (Phi) is 9.26. The second-order valence-corrected chi connectivity index (χ2v) is 12.8. The highest BCUT2D eigenvalue weighted by molar-refractivity contribution is 7.92. The van der Waals surface area contributed by atoms with Gasteiger partial charge in [0.1, 0.15) is 11.3 Å². The number of sulfonamides is 1. The van der Waals surface area contributed by atoms with Gasteiger partial charge >= 0.3 is 0 Å². The molecule has 0 aliphatic carbocycles. The number of anilines is 2. The minimum Gasteiger partial charge on any atom is -0.494 e. The first-order valence-electron chi connectivity index (χ1n) is 12.5. The number of methoxy groups -OCH3 is 1. The average Bonchev–Trinajstić information content (AvgIpc) is 3.39. The lowest BCUT2D eigenvalue weighted by Crippen LogP contribution is -2.37. The Hall–Kier alpha value is -2.89. The van der Waals surface area contributed by atoms with Gasteiger partial charge in [0.25, 0.3) is 15.9 Å². The summed E-state index contributed by atoms with van der Waals surface area (Å²) < 4.78 is 34.7. The molecule has 0 saturated carbocycles. The molecule has 5 rings (SSSR count). The van der Waals surface area contributed by atoms with Crippen LogP contribution in [0.25, 0.3) is 10.2 Å². The second-order valence-electron chi connectivity index (χ2n) is 9.52. The molecule has 3 aromatic carbocycles. The number of thiazole rings is 1. The van der Waals surface area contributed by atoms with E-state index in [-0.39, 0.29) is 23.2 Å². The lowest BCUT2D eigenvalue weighted by atomic mass is 10.0. The summed E-state index contributed by atoms with van der Waals surface area (Å²) in [6, 6.07) is 17.2. The molecule has 0 unspecified atom stereocenters. The largest absolute Gasteiger partial charge is 0.494 e. The summed E-state index contributed by atoms with van der Waals surface area (Å²) in [4.78, 5) is 22.2. The van der Waals surface area contributed by atoms with Crippen LogP contribution < -0.4 is 13.9 Å². The Morgan fingerprint density at radius 1 is 1.07 bits per heavy atom. The first-order valence-corrected chi connectivity index (χ1v) is 15.1. The molecule has 0 spiro atoms. The number of hydrogen-bond donors (Lipinski definition) is 0. The van der Waals surface area contributed by atoms with Crippen molar-refractivity contribution in [3.8, 4) is 5.75 Å². The van der Waals surface area contributed by atoms with Crippen molar-refractivity contribution in [2.45, 2.75) is 17.7 Å². The van der Waals surface area contributed by atoms with Gasteiger partial charge in [0.05, 0.1) is 27.4 Å². The van der Waals surface area contributed by atoms with Crippen LogP contribution in [0.2, 0.25) is 5.02 Å². The molecular formula is C28H30Cl2N4O4S2. The molecule has 12 heteroatoms. The number of hydrogen-bond acceptors (Lipinski definition) is 7. The Balaban J connectivity index is 0.00000370. The second kappa shape index (κ2) is 12.3. The normalized spacial score (nSPS) is 13.2. The Bertz CT molecular complexity index is 1630. The summed E-state index contributed by atoms with van der Waals surface area (Å²) in [6.07, 6.45) is 1.60. The van der Waals surface area contributed by atoms with Crippen molar-refractivity contribution in [2.75, 3.05) is 50.0 Å². The number of amides is 1. The highest BCUT2D eigenvalue weighted by Gasteiger charge is 2.30. The fraction of sp³-hybridized carbons (Fsp3) is 0.286. The number of carbonyl (C=O) groups excluding carboxylic acids is 1. The predicted octanol–water partition coefficient (Wildman–Crippen LogP) is 5.73. The molecule has 0 fully saturated rings. The third-order valence-corrected chi connectivity index (χ3v) is 10.0. The molecule has 40 heavy (non-hydrogen) atoms. The third kappa shape index (κ3) is 5.77. The minimum atomic E-state index is -3.78. The molecule has 0 bridgehead atoms. The fourth-order valence-electron chi connectivity index (χ4n) is 4.61. The molecule has 1 aromatic heterocycles. The molecule has 0 atom stereocenters. The quantitative estimate of drug-likeness (QED) is 0.250. The molecule has 1 amide bonds. The summed E-state index contributed by atoms with van der Waals surface area (Å²) in [5, 5.41) is 1.02. The Labute approximate surface area is 249 Å². The van der Waals surface area contributed by atoms with Gasteiger partial charge in [-0.2, -0.15) is 0 Å². The van der Waals surface area contributed by atoms with E-state index in [9.17, 15) is 13.2 Å². The average molecular weight is 622 g/mol. The highest BCUT2D eigenvalue weighted by Crippen LogP contribution is 2.39. The number of carbonyl (C=O) groups is 1. The van der Waals surface area contributed by atoms with Crippen LogP contribution in [-0.2, 0) is 16.4 Å². The van der Waals surface area contributed by atoms with E-state index in [2.05, 4.69) is 0 Å². The van der Waals surface area contributed by atoms with Crippen LogP contribution in [-0.4, -0.2) is 65.0 Å². The van der Waals surface area contributed by atoms with Gasteiger partial charge < -0.3 is 9.64 Å². The van der Waals surface area contributed by atoms with Crippen LogP contribution in [0.1, 0.15) is 22.3 Å². The maximum atomic E-state index is 13.8. The van der Waals surface area contributed by atoms with Gasteiger partial charge in [-0.25, -0.2) is 13.4 Å². The van der Waals surface area contributed by atoms with Gasteiger partial charge in [-0.1, -0.05) is 41.1 Å². The third-order valence-electron chi connectivity index (χ3n) is 6.67. The number of nitrogens with zero attached hydrogens (tertiary/aromatic N) is 4. The number of rotatable bonds is 8. The molecule has 8 nitrogen and oxygen atoms in total. The van der Waals surface area contributed by atoms with Crippen LogP contribution in [0.3, 0.4) is 0 Å². The van der Waals surface area contributed by atoms with Gasteiger partial charge in [-0.3, -0.25) is 14.0 Å². The van der Waals surface area contributed by atoms with E-state index >= 15 is 0 Å². The smallest absolute Gasteiger partial charge is 0.264 e. The summed E-state index contributed by atoms with van der Waals surface area (Å²) in [5.74, 6) is 0.295. The lowest BCUT2D eigenvalue weighted by molar-refractivity contribution is 0.0985. The lowest BCUT2D eigenvalue weighted by Gasteiger charge is -2.30. The van der Waals surface area contributed by atoms with E-state index in [1.165, 1.54) is 27.8 Å². The molecule has 0 N–H and O–H groups in total. The SMILES string of the molecule is COc1ccc(Cl)c2sc(N(CCN(C)C)C(=O)c3ccc(S(=O)(=O)N4CCCc5ccccc54)cc3)nc12.Cl. The number of benzene rings is 3. The maximum Gasteiger partial charge on any atom is 0.264 e. The van der Waals surface area contributed by atoms with E-state index in [1.807, 2.05) is 43.3 Å². The summed E-state index contributed by atoms with van der Waals surface area (Å²) in [5.41, 5.74) is 2.69. The van der Waals surface area contributed by atoms with Crippen molar-refractivity contribution in [3.63, 3.8) is 0 Å². The zero-order chi connectivity index (χ0) is 27.7. The number of aromatic nitrogens is 1. The van der Waals surface area contributed by atoms with Gasteiger partial charge in [0.15, 0.2) is 5.13 Å². The molecule has 212 valence electrons. The summed E-state index contributed by atoms with van der Waals surface area (Å²) in [6.45, 7) is 1.41. The van der Waals surface area contributed by atoms with Crippen LogP contribution in [0.15, 0.2) is 65.6 Å². The van der Waals surface area contributed by atoms with E-state index in [4.69, 9.17) is 21.3 Å². The molecule has 4 aromatic rings. The van der Waals surface area contributed by atoms with E-state index in [0.717, 1.165) is 23.1 Å². The number of aryl methyl sites for hydroxylation is 1. The Morgan fingerprint density at radius 3 is 2.50 bits per heavy atom.